The lowest BCUT2D eigenvalue weighted by Gasteiger charge is -2.32. The molecular formula is C21H26N4S. The van der Waals surface area contributed by atoms with Crippen LogP contribution in [0.3, 0.4) is 0 Å². The molecule has 26 heavy (non-hydrogen) atoms. The molecule has 136 valence electrons. The fourth-order valence-electron chi connectivity index (χ4n) is 4.79. The average Bonchev–Trinajstić information content (AvgIpc) is 3.37. The van der Waals surface area contributed by atoms with Crippen molar-refractivity contribution in [2.24, 2.45) is 4.99 Å². The smallest absolute Gasteiger partial charge is 0.160 e. The fourth-order valence-corrected chi connectivity index (χ4v) is 5.88. The zero-order valence-corrected chi connectivity index (χ0v) is 16.1. The molecule has 3 aliphatic rings. The Balaban J connectivity index is 1.55. The molecule has 0 unspecified atom stereocenters. The molecule has 1 aliphatic carbocycles. The molecule has 5 rings (SSSR count). The summed E-state index contributed by atoms with van der Waals surface area (Å²) in [7, 11) is 0. The van der Waals surface area contributed by atoms with Crippen LogP contribution >= 0.6 is 11.8 Å². The van der Waals surface area contributed by atoms with E-state index in [1.54, 1.807) is 0 Å². The van der Waals surface area contributed by atoms with Crippen LogP contribution in [0, 0.1) is 0 Å². The SMILES string of the molecule is C[C@H]1CN2C(=N[C@H](c3ccccn3)[C@@H]2c2cccn2C2CCCCC2)S1. The number of aromatic nitrogens is 2. The topological polar surface area (TPSA) is 33.4 Å². The Kier molecular flexibility index (Phi) is 4.27. The number of hydrogen-bond donors (Lipinski definition) is 0. The van der Waals surface area contributed by atoms with Crippen molar-refractivity contribution in [3.63, 3.8) is 0 Å². The van der Waals surface area contributed by atoms with Crippen molar-refractivity contribution in [2.45, 2.75) is 62.4 Å². The molecule has 5 heteroatoms. The van der Waals surface area contributed by atoms with Gasteiger partial charge in [-0.25, -0.2) is 0 Å². The number of thioether (sulfide) groups is 1. The largest absolute Gasteiger partial charge is 0.346 e. The zero-order valence-electron chi connectivity index (χ0n) is 15.3. The lowest BCUT2D eigenvalue weighted by Crippen LogP contribution is -2.31. The Morgan fingerprint density at radius 1 is 1.08 bits per heavy atom. The second kappa shape index (κ2) is 6.76. The summed E-state index contributed by atoms with van der Waals surface area (Å²) in [5.74, 6) is 0. The fraction of sp³-hybridized carbons (Fsp3) is 0.524. The molecule has 0 N–H and O–H groups in total. The van der Waals surface area contributed by atoms with Crippen molar-refractivity contribution in [1.82, 2.24) is 14.5 Å². The van der Waals surface area contributed by atoms with Crippen molar-refractivity contribution < 1.29 is 0 Å². The first-order chi connectivity index (χ1) is 12.8. The first-order valence-electron chi connectivity index (χ1n) is 9.90. The summed E-state index contributed by atoms with van der Waals surface area (Å²) in [6, 6.07) is 11.8. The lowest BCUT2D eigenvalue weighted by molar-refractivity contribution is 0.282. The molecule has 4 heterocycles. The highest BCUT2D eigenvalue weighted by molar-refractivity contribution is 8.14. The van der Waals surface area contributed by atoms with Gasteiger partial charge in [0.15, 0.2) is 5.17 Å². The molecule has 0 amide bonds. The van der Waals surface area contributed by atoms with Gasteiger partial charge in [0, 0.05) is 35.9 Å². The Morgan fingerprint density at radius 3 is 2.77 bits per heavy atom. The van der Waals surface area contributed by atoms with Gasteiger partial charge in [0.05, 0.1) is 11.7 Å². The van der Waals surface area contributed by atoms with Crippen molar-refractivity contribution in [1.29, 1.82) is 0 Å². The van der Waals surface area contributed by atoms with E-state index in [0.717, 1.165) is 12.2 Å². The van der Waals surface area contributed by atoms with Crippen molar-refractivity contribution in [2.75, 3.05) is 6.54 Å². The lowest BCUT2D eigenvalue weighted by atomic mass is 9.94. The van der Waals surface area contributed by atoms with E-state index in [1.165, 1.54) is 43.0 Å². The van der Waals surface area contributed by atoms with Crippen LogP contribution in [0.2, 0.25) is 0 Å². The molecule has 2 aromatic heterocycles. The van der Waals surface area contributed by atoms with E-state index in [-0.39, 0.29) is 12.1 Å². The van der Waals surface area contributed by atoms with Crippen LogP contribution in [0.25, 0.3) is 0 Å². The van der Waals surface area contributed by atoms with Crippen molar-refractivity contribution >= 4 is 16.9 Å². The Labute approximate surface area is 159 Å². The van der Waals surface area contributed by atoms with Gasteiger partial charge < -0.3 is 9.47 Å². The van der Waals surface area contributed by atoms with E-state index in [9.17, 15) is 0 Å². The Bertz CT molecular complexity index is 793. The third kappa shape index (κ3) is 2.77. The quantitative estimate of drug-likeness (QED) is 0.768. The standard InChI is InChI=1S/C21H26N4S/c1-15-14-25-20(18-11-7-13-24(18)16-8-3-2-4-9-16)19(23-21(25)26-15)17-10-5-6-12-22-17/h5-7,10-13,15-16,19-20H,2-4,8-9,14H2,1H3/t15-,19+,20-/m0/s1. The van der Waals surface area contributed by atoms with Crippen LogP contribution in [0.15, 0.2) is 47.7 Å². The molecule has 2 fully saturated rings. The number of pyridine rings is 1. The molecule has 0 radical (unpaired) electrons. The number of hydrogen-bond acceptors (Lipinski definition) is 4. The van der Waals surface area contributed by atoms with Crippen molar-refractivity contribution in [3.8, 4) is 0 Å². The molecule has 0 bridgehead atoms. The van der Waals surface area contributed by atoms with E-state index >= 15 is 0 Å². The summed E-state index contributed by atoms with van der Waals surface area (Å²) >= 11 is 1.92. The Morgan fingerprint density at radius 2 is 1.96 bits per heavy atom. The minimum absolute atomic E-state index is 0.100. The molecule has 2 aliphatic heterocycles. The highest BCUT2D eigenvalue weighted by atomic mass is 32.2. The van der Waals surface area contributed by atoms with Gasteiger partial charge in [0.25, 0.3) is 0 Å². The molecule has 0 aromatic carbocycles. The van der Waals surface area contributed by atoms with Crippen LogP contribution in [-0.4, -0.2) is 31.4 Å². The summed E-state index contributed by atoms with van der Waals surface area (Å²) in [5, 5.41) is 1.81. The van der Waals surface area contributed by atoms with E-state index < -0.39 is 0 Å². The second-order valence-electron chi connectivity index (χ2n) is 7.77. The molecule has 1 saturated heterocycles. The van der Waals surface area contributed by atoms with Gasteiger partial charge in [-0.1, -0.05) is 44.0 Å². The summed E-state index contributed by atoms with van der Waals surface area (Å²) in [5.41, 5.74) is 2.50. The normalized spacial score (nSPS) is 29.0. The molecular weight excluding hydrogens is 340 g/mol. The predicted molar refractivity (Wildman–Crippen MR) is 107 cm³/mol. The summed E-state index contributed by atoms with van der Waals surface area (Å²) < 4.78 is 2.56. The van der Waals surface area contributed by atoms with E-state index in [0.29, 0.717) is 11.3 Å². The van der Waals surface area contributed by atoms with Gasteiger partial charge >= 0.3 is 0 Å². The van der Waals surface area contributed by atoms with Gasteiger partial charge in [0.1, 0.15) is 6.04 Å². The van der Waals surface area contributed by atoms with Crippen LogP contribution in [0.1, 0.15) is 68.5 Å². The Hall–Kier alpha value is -1.75. The van der Waals surface area contributed by atoms with Crippen molar-refractivity contribution in [3.05, 3.63) is 54.1 Å². The van der Waals surface area contributed by atoms with Gasteiger partial charge in [-0.05, 0) is 37.1 Å². The molecule has 0 spiro atoms. The third-order valence-electron chi connectivity index (χ3n) is 5.96. The zero-order chi connectivity index (χ0) is 17.5. The van der Waals surface area contributed by atoms with Gasteiger partial charge in [-0.15, -0.1) is 0 Å². The van der Waals surface area contributed by atoms with E-state index in [1.807, 2.05) is 24.0 Å². The van der Waals surface area contributed by atoms with Crippen LogP contribution in [-0.2, 0) is 0 Å². The molecule has 1 saturated carbocycles. The predicted octanol–water partition coefficient (Wildman–Crippen LogP) is 4.98. The first kappa shape index (κ1) is 16.4. The first-order valence-corrected chi connectivity index (χ1v) is 10.8. The molecule has 2 aromatic rings. The monoisotopic (exact) mass is 366 g/mol. The van der Waals surface area contributed by atoms with Crippen LogP contribution in [0.4, 0.5) is 0 Å². The summed E-state index contributed by atoms with van der Waals surface area (Å²) in [4.78, 5) is 12.3. The minimum atomic E-state index is 0.100. The summed E-state index contributed by atoms with van der Waals surface area (Å²) in [6.07, 6.45) is 10.9. The number of fused-ring (bicyclic) bond motifs is 1. The maximum Gasteiger partial charge on any atom is 0.160 e. The van der Waals surface area contributed by atoms with Gasteiger partial charge in [0.2, 0.25) is 0 Å². The molecule has 3 atom stereocenters. The number of amidine groups is 1. The highest BCUT2D eigenvalue weighted by Crippen LogP contribution is 2.48. The van der Waals surface area contributed by atoms with E-state index in [2.05, 4.69) is 51.8 Å². The number of rotatable bonds is 3. The average molecular weight is 367 g/mol. The third-order valence-corrected chi connectivity index (χ3v) is 7.07. The maximum absolute atomic E-state index is 5.12. The highest BCUT2D eigenvalue weighted by Gasteiger charge is 2.44. The minimum Gasteiger partial charge on any atom is -0.346 e. The molecule has 4 nitrogen and oxygen atoms in total. The van der Waals surface area contributed by atoms with E-state index in [4.69, 9.17) is 4.99 Å². The number of aliphatic imine (C=N–C) groups is 1. The van der Waals surface area contributed by atoms with Gasteiger partial charge in [-0.2, -0.15) is 0 Å². The number of nitrogens with zero attached hydrogens (tertiary/aromatic N) is 4. The van der Waals surface area contributed by atoms with Crippen LogP contribution < -0.4 is 0 Å². The maximum atomic E-state index is 5.12. The second-order valence-corrected chi connectivity index (χ2v) is 9.17. The van der Waals surface area contributed by atoms with Crippen LogP contribution in [0.5, 0.6) is 0 Å². The van der Waals surface area contributed by atoms with Gasteiger partial charge in [-0.3, -0.25) is 9.98 Å². The summed E-state index contributed by atoms with van der Waals surface area (Å²) in [6.45, 7) is 3.38.